The van der Waals surface area contributed by atoms with Crippen molar-refractivity contribution >= 4 is 46.3 Å². The molecule has 0 aliphatic rings. The largest absolute Gasteiger partial charge is 0.324 e. The van der Waals surface area contributed by atoms with Crippen molar-refractivity contribution in [1.82, 2.24) is 19.7 Å². The number of carbonyl (C=O) groups excluding carboxylic acids is 2. The first-order valence-electron chi connectivity index (χ1n) is 10.2. The number of hydrogen-bond donors (Lipinski definition) is 2. The second-order valence-corrected chi connectivity index (χ2v) is 9.39. The molecule has 168 valence electrons. The summed E-state index contributed by atoms with van der Waals surface area (Å²) in [7, 11) is 0. The number of aryl methyl sites for hydroxylation is 1. The Bertz CT molecular complexity index is 1220. The third kappa shape index (κ3) is 6.05. The Kier molecular flexibility index (Phi) is 7.16. The average Bonchev–Trinajstić information content (AvgIpc) is 3.51. The van der Waals surface area contributed by atoms with Gasteiger partial charge in [0.15, 0.2) is 0 Å². The van der Waals surface area contributed by atoms with Gasteiger partial charge in [0.1, 0.15) is 23.0 Å². The van der Waals surface area contributed by atoms with Crippen LogP contribution in [-0.4, -0.2) is 31.6 Å². The van der Waals surface area contributed by atoms with Crippen LogP contribution in [0.2, 0.25) is 0 Å². The van der Waals surface area contributed by atoms with Crippen LogP contribution in [0.25, 0.3) is 0 Å². The van der Waals surface area contributed by atoms with Crippen molar-refractivity contribution in [3.63, 3.8) is 0 Å². The quantitative estimate of drug-likeness (QED) is 0.353. The Balaban J connectivity index is 1.29. The molecule has 2 N–H and O–H groups in total. The van der Waals surface area contributed by atoms with E-state index in [1.165, 1.54) is 17.3 Å². The number of thiazole rings is 1. The van der Waals surface area contributed by atoms with Gasteiger partial charge in [-0.2, -0.15) is 5.10 Å². The van der Waals surface area contributed by atoms with E-state index in [0.29, 0.717) is 16.9 Å². The molecule has 4 aromatic rings. The summed E-state index contributed by atoms with van der Waals surface area (Å²) in [4.78, 5) is 33.2. The van der Waals surface area contributed by atoms with E-state index in [2.05, 4.69) is 25.7 Å². The zero-order chi connectivity index (χ0) is 23.2. The number of amides is 2. The minimum Gasteiger partial charge on any atom is -0.324 e. The van der Waals surface area contributed by atoms with E-state index in [1.807, 2.05) is 36.6 Å². The van der Waals surface area contributed by atoms with Crippen LogP contribution in [0.15, 0.2) is 70.9 Å². The second-order valence-electron chi connectivity index (χ2n) is 7.31. The third-order valence-corrected chi connectivity index (χ3v) is 7.01. The van der Waals surface area contributed by atoms with E-state index in [9.17, 15) is 9.59 Å². The lowest BCUT2D eigenvalue weighted by molar-refractivity contribution is -0.119. The molecule has 0 aliphatic carbocycles. The number of carbonyl (C=O) groups is 2. The van der Waals surface area contributed by atoms with Crippen LogP contribution in [0, 0.1) is 6.92 Å². The van der Waals surface area contributed by atoms with E-state index in [4.69, 9.17) is 0 Å². The number of benzene rings is 2. The van der Waals surface area contributed by atoms with E-state index in [1.54, 1.807) is 54.3 Å². The molecule has 2 amide bonds. The van der Waals surface area contributed by atoms with Gasteiger partial charge in [0, 0.05) is 33.8 Å². The number of anilines is 2. The molecule has 0 saturated heterocycles. The summed E-state index contributed by atoms with van der Waals surface area (Å²) < 4.78 is 2.52. The first-order valence-corrected chi connectivity index (χ1v) is 12.0. The fourth-order valence-corrected chi connectivity index (χ4v) is 4.73. The SMILES string of the molecule is Cc1csc(SCc2ccc(C(=O)Nc3ccc(NC(=O)C(C)n4cncn4)cc3)cc2)n1. The summed E-state index contributed by atoms with van der Waals surface area (Å²) in [5.74, 6) is 0.402. The maximum atomic E-state index is 12.6. The van der Waals surface area contributed by atoms with Gasteiger partial charge in [-0.15, -0.1) is 11.3 Å². The molecule has 2 aromatic carbocycles. The Morgan fingerprint density at radius 3 is 2.36 bits per heavy atom. The fraction of sp³-hybridized carbons (Fsp3) is 0.174. The minimum atomic E-state index is -0.487. The van der Waals surface area contributed by atoms with Crippen molar-refractivity contribution < 1.29 is 9.59 Å². The molecular formula is C23H22N6O2S2. The average molecular weight is 479 g/mol. The van der Waals surface area contributed by atoms with Gasteiger partial charge in [-0.05, 0) is 55.8 Å². The fourth-order valence-electron chi connectivity index (χ4n) is 2.92. The van der Waals surface area contributed by atoms with Crippen LogP contribution in [0.3, 0.4) is 0 Å². The van der Waals surface area contributed by atoms with Crippen molar-refractivity contribution in [3.05, 3.63) is 83.4 Å². The molecule has 0 aliphatic heterocycles. The standard InChI is InChI=1S/C23H22N6O2S2/c1-15-11-32-23(26-15)33-12-17-3-5-18(6-4-17)22(31)28-20-9-7-19(8-10-20)27-21(30)16(2)29-14-24-13-25-29/h3-11,13-14,16H,12H2,1-2H3,(H,27,30)(H,28,31). The topological polar surface area (TPSA) is 102 Å². The molecule has 0 radical (unpaired) electrons. The highest BCUT2D eigenvalue weighted by atomic mass is 32.2. The summed E-state index contributed by atoms with van der Waals surface area (Å²) in [6.07, 6.45) is 2.88. The van der Waals surface area contributed by atoms with Crippen LogP contribution in [0.4, 0.5) is 11.4 Å². The molecule has 10 heteroatoms. The third-order valence-electron chi connectivity index (χ3n) is 4.80. The Labute approximate surface area is 199 Å². The molecule has 1 unspecified atom stereocenters. The summed E-state index contributed by atoms with van der Waals surface area (Å²) in [5, 5.41) is 11.7. The molecule has 0 fully saturated rings. The van der Waals surface area contributed by atoms with Gasteiger partial charge >= 0.3 is 0 Å². The lowest BCUT2D eigenvalue weighted by Crippen LogP contribution is -2.24. The first-order chi connectivity index (χ1) is 16.0. The number of rotatable bonds is 8. The normalized spacial score (nSPS) is 11.7. The van der Waals surface area contributed by atoms with Crippen molar-refractivity contribution in [3.8, 4) is 0 Å². The highest BCUT2D eigenvalue weighted by Gasteiger charge is 2.15. The van der Waals surface area contributed by atoms with Gasteiger partial charge in [0.05, 0.1) is 0 Å². The van der Waals surface area contributed by atoms with Crippen molar-refractivity contribution in [2.75, 3.05) is 10.6 Å². The number of nitrogens with zero attached hydrogens (tertiary/aromatic N) is 4. The highest BCUT2D eigenvalue weighted by molar-refractivity contribution is 8.00. The predicted octanol–water partition coefficient (Wildman–Crippen LogP) is 4.79. The molecule has 1 atom stereocenters. The number of hydrogen-bond acceptors (Lipinski definition) is 7. The molecular weight excluding hydrogens is 456 g/mol. The molecule has 0 saturated carbocycles. The lowest BCUT2D eigenvalue weighted by Gasteiger charge is -2.12. The van der Waals surface area contributed by atoms with Crippen LogP contribution in [-0.2, 0) is 10.5 Å². The molecule has 2 aromatic heterocycles. The molecule has 8 nitrogen and oxygen atoms in total. The van der Waals surface area contributed by atoms with Crippen LogP contribution in [0.1, 0.15) is 34.6 Å². The van der Waals surface area contributed by atoms with Crippen LogP contribution in [0.5, 0.6) is 0 Å². The van der Waals surface area contributed by atoms with E-state index in [-0.39, 0.29) is 11.8 Å². The van der Waals surface area contributed by atoms with Gasteiger partial charge in [0.25, 0.3) is 5.91 Å². The number of aromatic nitrogens is 4. The molecule has 0 spiro atoms. The Hall–Kier alpha value is -3.50. The molecule has 2 heterocycles. The van der Waals surface area contributed by atoms with Crippen molar-refractivity contribution in [1.29, 1.82) is 0 Å². The maximum absolute atomic E-state index is 12.6. The van der Waals surface area contributed by atoms with Crippen molar-refractivity contribution in [2.45, 2.75) is 30.0 Å². The van der Waals surface area contributed by atoms with Gasteiger partial charge in [0.2, 0.25) is 5.91 Å². The van der Waals surface area contributed by atoms with Crippen LogP contribution >= 0.6 is 23.1 Å². The highest BCUT2D eigenvalue weighted by Crippen LogP contribution is 2.26. The Morgan fingerprint density at radius 1 is 1.06 bits per heavy atom. The molecule has 33 heavy (non-hydrogen) atoms. The molecule has 0 bridgehead atoms. The summed E-state index contributed by atoms with van der Waals surface area (Å²) in [6, 6.07) is 14.0. The van der Waals surface area contributed by atoms with Crippen LogP contribution < -0.4 is 10.6 Å². The maximum Gasteiger partial charge on any atom is 0.255 e. The van der Waals surface area contributed by atoms with E-state index in [0.717, 1.165) is 21.3 Å². The smallest absolute Gasteiger partial charge is 0.255 e. The second kappa shape index (κ2) is 10.4. The van der Waals surface area contributed by atoms with E-state index >= 15 is 0 Å². The monoisotopic (exact) mass is 478 g/mol. The van der Waals surface area contributed by atoms with Crippen molar-refractivity contribution in [2.24, 2.45) is 0 Å². The number of thioether (sulfide) groups is 1. The zero-order valence-electron chi connectivity index (χ0n) is 18.1. The summed E-state index contributed by atoms with van der Waals surface area (Å²) in [6.45, 7) is 3.72. The van der Waals surface area contributed by atoms with E-state index < -0.39 is 6.04 Å². The zero-order valence-corrected chi connectivity index (χ0v) is 19.7. The Morgan fingerprint density at radius 2 is 1.76 bits per heavy atom. The van der Waals surface area contributed by atoms with Gasteiger partial charge in [-0.1, -0.05) is 23.9 Å². The van der Waals surface area contributed by atoms with Gasteiger partial charge < -0.3 is 10.6 Å². The molecule has 4 rings (SSSR count). The minimum absolute atomic E-state index is 0.193. The summed E-state index contributed by atoms with van der Waals surface area (Å²) in [5.41, 5.74) is 4.01. The summed E-state index contributed by atoms with van der Waals surface area (Å²) >= 11 is 3.33. The van der Waals surface area contributed by atoms with Gasteiger partial charge in [-0.25, -0.2) is 14.6 Å². The number of nitrogens with one attached hydrogen (secondary N) is 2. The van der Waals surface area contributed by atoms with Gasteiger partial charge in [-0.3, -0.25) is 9.59 Å². The lowest BCUT2D eigenvalue weighted by atomic mass is 10.1. The first kappa shape index (κ1) is 22.7. The predicted molar refractivity (Wildman–Crippen MR) is 131 cm³/mol.